The molecule has 0 spiro atoms. The lowest BCUT2D eigenvalue weighted by molar-refractivity contribution is 0.0859. The standard InChI is InChI=1S/C16H25N3O2/c1-18(2)6-7-19-15(14(21-3)10-17-19)16(20)13-9-11-4-5-12(13)8-11/h10-13H,4-9H2,1-3H3. The number of ketones is 1. The van der Waals surface area contributed by atoms with E-state index < -0.39 is 0 Å². The van der Waals surface area contributed by atoms with E-state index in [2.05, 4.69) is 10.00 Å². The highest BCUT2D eigenvalue weighted by atomic mass is 16.5. The molecule has 5 heteroatoms. The molecule has 116 valence electrons. The van der Waals surface area contributed by atoms with Crippen LogP contribution in [0.15, 0.2) is 6.20 Å². The minimum Gasteiger partial charge on any atom is -0.493 e. The third-order valence-corrected chi connectivity index (χ3v) is 5.09. The quantitative estimate of drug-likeness (QED) is 0.753. The molecule has 2 aliphatic carbocycles. The van der Waals surface area contributed by atoms with E-state index in [4.69, 9.17) is 4.74 Å². The van der Waals surface area contributed by atoms with Gasteiger partial charge in [-0.25, -0.2) is 0 Å². The lowest BCUT2D eigenvalue weighted by Gasteiger charge is -2.21. The molecule has 5 nitrogen and oxygen atoms in total. The molecular formula is C16H25N3O2. The number of carbonyl (C=O) groups excluding carboxylic acids is 1. The van der Waals surface area contributed by atoms with E-state index in [0.29, 0.717) is 17.4 Å². The first kappa shape index (κ1) is 14.6. The summed E-state index contributed by atoms with van der Waals surface area (Å²) in [6, 6.07) is 0. The summed E-state index contributed by atoms with van der Waals surface area (Å²) in [7, 11) is 5.67. The van der Waals surface area contributed by atoms with Crippen LogP contribution in [0, 0.1) is 17.8 Å². The number of hydrogen-bond acceptors (Lipinski definition) is 4. The molecule has 1 aromatic heterocycles. The zero-order chi connectivity index (χ0) is 15.0. The molecule has 1 heterocycles. The first-order chi connectivity index (χ1) is 10.1. The van der Waals surface area contributed by atoms with Crippen molar-refractivity contribution in [3.63, 3.8) is 0 Å². The summed E-state index contributed by atoms with van der Waals surface area (Å²) >= 11 is 0. The monoisotopic (exact) mass is 291 g/mol. The summed E-state index contributed by atoms with van der Waals surface area (Å²) in [5, 5.41) is 4.36. The fourth-order valence-electron chi connectivity index (χ4n) is 3.97. The fraction of sp³-hybridized carbons (Fsp3) is 0.750. The molecule has 2 saturated carbocycles. The Kier molecular flexibility index (Phi) is 4.02. The van der Waals surface area contributed by atoms with Crippen molar-refractivity contribution in [1.29, 1.82) is 0 Å². The SMILES string of the molecule is COc1cnn(CCN(C)C)c1C(=O)C1CC2CCC1C2. The van der Waals surface area contributed by atoms with Crippen LogP contribution in [0.3, 0.4) is 0 Å². The average molecular weight is 291 g/mol. The topological polar surface area (TPSA) is 47.4 Å². The number of rotatable bonds is 6. The Morgan fingerprint density at radius 1 is 1.43 bits per heavy atom. The van der Waals surface area contributed by atoms with Crippen LogP contribution in [0.25, 0.3) is 0 Å². The molecule has 1 aromatic rings. The van der Waals surface area contributed by atoms with Crippen LogP contribution in [0.1, 0.15) is 36.2 Å². The van der Waals surface area contributed by atoms with Crippen LogP contribution in [0.2, 0.25) is 0 Å². The number of fused-ring (bicyclic) bond motifs is 2. The van der Waals surface area contributed by atoms with Gasteiger partial charge in [-0.05, 0) is 45.2 Å². The predicted octanol–water partition coefficient (Wildman–Crippen LogP) is 2.07. The second-order valence-electron chi connectivity index (χ2n) is 6.73. The Labute approximate surface area is 126 Å². The number of hydrogen-bond donors (Lipinski definition) is 0. The summed E-state index contributed by atoms with van der Waals surface area (Å²) < 4.78 is 7.20. The second kappa shape index (κ2) is 5.79. The maximum atomic E-state index is 13.0. The number of likely N-dealkylation sites (N-methyl/N-ethyl adjacent to an activating group) is 1. The van der Waals surface area contributed by atoms with Crippen molar-refractivity contribution in [2.75, 3.05) is 27.7 Å². The molecule has 0 saturated heterocycles. The normalized spacial score (nSPS) is 27.5. The highest BCUT2D eigenvalue weighted by Gasteiger charge is 2.44. The molecule has 0 aliphatic heterocycles. The van der Waals surface area contributed by atoms with Crippen molar-refractivity contribution in [2.24, 2.45) is 17.8 Å². The van der Waals surface area contributed by atoms with E-state index in [9.17, 15) is 4.79 Å². The first-order valence-corrected chi connectivity index (χ1v) is 7.89. The summed E-state index contributed by atoms with van der Waals surface area (Å²) in [5.41, 5.74) is 0.678. The summed E-state index contributed by atoms with van der Waals surface area (Å²) in [5.74, 6) is 2.42. The van der Waals surface area contributed by atoms with Crippen LogP contribution >= 0.6 is 0 Å². The van der Waals surface area contributed by atoms with Crippen molar-refractivity contribution in [3.8, 4) is 5.75 Å². The molecular weight excluding hydrogens is 266 g/mol. The lowest BCUT2D eigenvalue weighted by atomic mass is 9.84. The van der Waals surface area contributed by atoms with Crippen LogP contribution in [-0.2, 0) is 6.54 Å². The average Bonchev–Trinajstić information content (AvgIpc) is 3.18. The van der Waals surface area contributed by atoms with Crippen LogP contribution < -0.4 is 4.74 Å². The molecule has 2 fully saturated rings. The second-order valence-corrected chi connectivity index (χ2v) is 6.73. The molecule has 3 unspecified atom stereocenters. The molecule has 3 rings (SSSR count). The van der Waals surface area contributed by atoms with Crippen LogP contribution in [0.5, 0.6) is 5.75 Å². The van der Waals surface area contributed by atoms with Crippen molar-refractivity contribution in [1.82, 2.24) is 14.7 Å². The minimum absolute atomic E-state index is 0.187. The van der Waals surface area contributed by atoms with Gasteiger partial charge >= 0.3 is 0 Å². The van der Waals surface area contributed by atoms with Gasteiger partial charge in [-0.15, -0.1) is 0 Å². The van der Waals surface area contributed by atoms with Gasteiger partial charge in [-0.1, -0.05) is 6.42 Å². The molecule has 2 bridgehead atoms. The van der Waals surface area contributed by atoms with Gasteiger partial charge in [0.1, 0.15) is 5.69 Å². The summed E-state index contributed by atoms with van der Waals surface area (Å²) in [6.07, 6.45) is 6.51. The highest BCUT2D eigenvalue weighted by Crippen LogP contribution is 2.49. The van der Waals surface area contributed by atoms with Gasteiger partial charge in [-0.2, -0.15) is 5.10 Å². The minimum atomic E-state index is 0.187. The number of ether oxygens (including phenoxy) is 1. The Balaban J connectivity index is 1.82. The van der Waals surface area contributed by atoms with Crippen LogP contribution in [-0.4, -0.2) is 48.2 Å². The van der Waals surface area contributed by atoms with Crippen molar-refractivity contribution in [3.05, 3.63) is 11.9 Å². The summed E-state index contributed by atoms with van der Waals surface area (Å²) in [4.78, 5) is 15.1. The van der Waals surface area contributed by atoms with E-state index in [1.165, 1.54) is 19.3 Å². The molecule has 0 radical (unpaired) electrons. The smallest absolute Gasteiger partial charge is 0.188 e. The first-order valence-electron chi connectivity index (χ1n) is 7.89. The van der Waals surface area contributed by atoms with Gasteiger partial charge in [0.25, 0.3) is 0 Å². The fourth-order valence-corrected chi connectivity index (χ4v) is 3.97. The highest BCUT2D eigenvalue weighted by molar-refractivity contribution is 5.99. The lowest BCUT2D eigenvalue weighted by Crippen LogP contribution is -2.26. The largest absolute Gasteiger partial charge is 0.493 e. The van der Waals surface area contributed by atoms with Crippen molar-refractivity contribution < 1.29 is 9.53 Å². The van der Waals surface area contributed by atoms with E-state index in [0.717, 1.165) is 25.4 Å². The van der Waals surface area contributed by atoms with Gasteiger partial charge in [0, 0.05) is 12.5 Å². The molecule has 0 aromatic carbocycles. The Hall–Kier alpha value is -1.36. The molecule has 2 aliphatic rings. The molecule has 21 heavy (non-hydrogen) atoms. The summed E-state index contributed by atoms with van der Waals surface area (Å²) in [6.45, 7) is 1.58. The van der Waals surface area contributed by atoms with Crippen molar-refractivity contribution >= 4 is 5.78 Å². The van der Waals surface area contributed by atoms with Gasteiger partial charge in [-0.3, -0.25) is 9.48 Å². The number of nitrogens with zero attached hydrogens (tertiary/aromatic N) is 3. The van der Waals surface area contributed by atoms with Gasteiger partial charge in [0.15, 0.2) is 11.5 Å². The zero-order valence-corrected chi connectivity index (χ0v) is 13.2. The van der Waals surface area contributed by atoms with E-state index in [1.807, 2.05) is 18.8 Å². The Morgan fingerprint density at radius 3 is 2.81 bits per heavy atom. The molecule has 0 N–H and O–H groups in total. The number of Topliss-reactive ketones (excluding diaryl/α,β-unsaturated/α-hetero) is 1. The molecule has 0 amide bonds. The number of carbonyl (C=O) groups is 1. The van der Waals surface area contributed by atoms with Gasteiger partial charge in [0.2, 0.25) is 0 Å². The van der Waals surface area contributed by atoms with E-state index >= 15 is 0 Å². The number of aromatic nitrogens is 2. The third kappa shape index (κ3) is 2.71. The number of methoxy groups -OCH3 is 1. The third-order valence-electron chi connectivity index (χ3n) is 5.09. The zero-order valence-electron chi connectivity index (χ0n) is 13.2. The molecule has 3 atom stereocenters. The van der Waals surface area contributed by atoms with E-state index in [1.54, 1.807) is 13.3 Å². The maximum Gasteiger partial charge on any atom is 0.188 e. The Bertz CT molecular complexity index is 524. The maximum absolute atomic E-state index is 13.0. The van der Waals surface area contributed by atoms with Crippen molar-refractivity contribution in [2.45, 2.75) is 32.2 Å². The van der Waals surface area contributed by atoms with Gasteiger partial charge < -0.3 is 9.64 Å². The van der Waals surface area contributed by atoms with Gasteiger partial charge in [0.05, 0.1) is 19.9 Å². The Morgan fingerprint density at radius 2 is 2.24 bits per heavy atom. The predicted molar refractivity (Wildman–Crippen MR) is 80.6 cm³/mol. The van der Waals surface area contributed by atoms with E-state index in [-0.39, 0.29) is 11.7 Å². The van der Waals surface area contributed by atoms with Crippen LogP contribution in [0.4, 0.5) is 0 Å².